The lowest BCUT2D eigenvalue weighted by atomic mass is 10.2. The van der Waals surface area contributed by atoms with Crippen LogP contribution in [0.1, 0.15) is 5.76 Å². The van der Waals surface area contributed by atoms with Crippen LogP contribution in [0.2, 0.25) is 5.02 Å². The Morgan fingerprint density at radius 3 is 2.42 bits per heavy atom. The first kappa shape index (κ1) is 17.5. The zero-order chi connectivity index (χ0) is 18.5. The Hall–Kier alpha value is -3.36. The number of nitriles is 1. The molecule has 6 heteroatoms. The van der Waals surface area contributed by atoms with E-state index < -0.39 is 11.7 Å². The SMILES string of the molecule is N#CC(=Cc1ccc(-c2ccc(Cl)cc2)o1)C(=O)Nc1ccc(F)cc1. The van der Waals surface area contributed by atoms with Crippen molar-refractivity contribution in [3.63, 3.8) is 0 Å². The molecule has 0 saturated heterocycles. The van der Waals surface area contributed by atoms with Gasteiger partial charge in [-0.2, -0.15) is 5.26 Å². The fourth-order valence-corrected chi connectivity index (χ4v) is 2.35. The Bertz CT molecular complexity index is 1000. The fraction of sp³-hybridized carbons (Fsp3) is 0. The molecule has 2 aromatic carbocycles. The molecule has 1 heterocycles. The van der Waals surface area contributed by atoms with Gasteiger partial charge in [0, 0.05) is 22.3 Å². The first-order chi connectivity index (χ1) is 12.5. The molecular weight excluding hydrogens is 355 g/mol. The molecule has 1 N–H and O–H groups in total. The van der Waals surface area contributed by atoms with E-state index in [4.69, 9.17) is 16.0 Å². The van der Waals surface area contributed by atoms with Gasteiger partial charge in [0.05, 0.1) is 0 Å². The molecule has 0 spiro atoms. The maximum Gasteiger partial charge on any atom is 0.266 e. The van der Waals surface area contributed by atoms with Crippen molar-refractivity contribution in [3.05, 3.63) is 82.8 Å². The average molecular weight is 367 g/mol. The number of carbonyl (C=O) groups is 1. The molecule has 0 saturated carbocycles. The summed E-state index contributed by atoms with van der Waals surface area (Å²) < 4.78 is 18.6. The second-order valence-electron chi connectivity index (χ2n) is 5.34. The Balaban J connectivity index is 1.78. The van der Waals surface area contributed by atoms with Gasteiger partial charge in [0.1, 0.15) is 29.0 Å². The summed E-state index contributed by atoms with van der Waals surface area (Å²) in [6.07, 6.45) is 1.35. The third-order valence-electron chi connectivity index (χ3n) is 3.51. The smallest absolute Gasteiger partial charge is 0.266 e. The van der Waals surface area contributed by atoms with Crippen LogP contribution >= 0.6 is 11.6 Å². The third kappa shape index (κ3) is 4.18. The maximum absolute atomic E-state index is 12.9. The summed E-state index contributed by atoms with van der Waals surface area (Å²) in [6, 6.07) is 17.6. The minimum atomic E-state index is -0.608. The summed E-state index contributed by atoms with van der Waals surface area (Å²) in [5, 5.41) is 12.4. The number of amides is 1. The van der Waals surface area contributed by atoms with Gasteiger partial charge in [0.25, 0.3) is 5.91 Å². The number of carbonyl (C=O) groups excluding carboxylic acids is 1. The van der Waals surface area contributed by atoms with Gasteiger partial charge < -0.3 is 9.73 Å². The normalized spacial score (nSPS) is 11.0. The minimum absolute atomic E-state index is 0.133. The molecule has 26 heavy (non-hydrogen) atoms. The topological polar surface area (TPSA) is 66.0 Å². The lowest BCUT2D eigenvalue weighted by Gasteiger charge is -2.03. The number of hydrogen-bond donors (Lipinski definition) is 1. The van der Waals surface area contributed by atoms with Crippen molar-refractivity contribution >= 4 is 29.3 Å². The summed E-state index contributed by atoms with van der Waals surface area (Å²) in [5.74, 6) is -0.0715. The van der Waals surface area contributed by atoms with Crippen LogP contribution in [0.25, 0.3) is 17.4 Å². The standard InChI is InChI=1S/C20H12ClFN2O2/c21-15-3-1-13(2-4-15)19-10-9-18(26-19)11-14(12-23)20(25)24-17-7-5-16(22)6-8-17/h1-11H,(H,24,25). The van der Waals surface area contributed by atoms with E-state index in [1.54, 1.807) is 36.4 Å². The lowest BCUT2D eigenvalue weighted by Crippen LogP contribution is -2.13. The van der Waals surface area contributed by atoms with E-state index in [1.165, 1.54) is 30.3 Å². The molecule has 0 unspecified atom stereocenters. The summed E-state index contributed by atoms with van der Waals surface area (Å²) in [4.78, 5) is 12.2. The number of anilines is 1. The van der Waals surface area contributed by atoms with Crippen LogP contribution in [-0.4, -0.2) is 5.91 Å². The number of halogens is 2. The molecule has 0 aliphatic rings. The van der Waals surface area contributed by atoms with Gasteiger partial charge in [-0.25, -0.2) is 4.39 Å². The average Bonchev–Trinajstić information content (AvgIpc) is 3.11. The summed E-state index contributed by atoms with van der Waals surface area (Å²) >= 11 is 5.86. The lowest BCUT2D eigenvalue weighted by molar-refractivity contribution is -0.112. The number of benzene rings is 2. The number of nitrogens with zero attached hydrogens (tertiary/aromatic N) is 1. The van der Waals surface area contributed by atoms with Gasteiger partial charge >= 0.3 is 0 Å². The van der Waals surface area contributed by atoms with Crippen molar-refractivity contribution in [1.29, 1.82) is 5.26 Å². The van der Waals surface area contributed by atoms with Crippen LogP contribution in [0, 0.1) is 17.1 Å². The van der Waals surface area contributed by atoms with Crippen molar-refractivity contribution in [3.8, 4) is 17.4 Å². The zero-order valence-electron chi connectivity index (χ0n) is 13.4. The largest absolute Gasteiger partial charge is 0.457 e. The molecule has 128 valence electrons. The van der Waals surface area contributed by atoms with Crippen LogP contribution in [0.4, 0.5) is 10.1 Å². The minimum Gasteiger partial charge on any atom is -0.457 e. The Labute approximate surface area is 154 Å². The van der Waals surface area contributed by atoms with Crippen molar-refractivity contribution in [2.24, 2.45) is 0 Å². The Morgan fingerprint density at radius 1 is 1.08 bits per heavy atom. The molecule has 1 aromatic heterocycles. The van der Waals surface area contributed by atoms with E-state index >= 15 is 0 Å². The molecule has 3 aromatic rings. The Morgan fingerprint density at radius 2 is 1.77 bits per heavy atom. The third-order valence-corrected chi connectivity index (χ3v) is 3.76. The quantitative estimate of drug-likeness (QED) is 0.504. The van der Waals surface area contributed by atoms with Gasteiger partial charge in [-0.1, -0.05) is 11.6 Å². The van der Waals surface area contributed by atoms with Gasteiger partial charge in [-0.3, -0.25) is 4.79 Å². The van der Waals surface area contributed by atoms with Gasteiger partial charge in [0.15, 0.2) is 0 Å². The summed E-state index contributed by atoms with van der Waals surface area (Å²) in [7, 11) is 0. The van der Waals surface area contributed by atoms with Gasteiger partial charge in [-0.05, 0) is 60.7 Å². The van der Waals surface area contributed by atoms with Crippen molar-refractivity contribution in [2.45, 2.75) is 0 Å². The summed E-state index contributed by atoms with van der Waals surface area (Å²) in [6.45, 7) is 0. The molecule has 0 radical (unpaired) electrons. The van der Waals surface area contributed by atoms with E-state index in [-0.39, 0.29) is 5.57 Å². The number of hydrogen-bond acceptors (Lipinski definition) is 3. The zero-order valence-corrected chi connectivity index (χ0v) is 14.1. The molecule has 0 aliphatic carbocycles. The van der Waals surface area contributed by atoms with E-state index in [2.05, 4.69) is 5.32 Å². The predicted molar refractivity (Wildman–Crippen MR) is 97.8 cm³/mol. The van der Waals surface area contributed by atoms with Crippen molar-refractivity contribution in [2.75, 3.05) is 5.32 Å². The molecule has 3 rings (SSSR count). The Kier molecular flexibility index (Phi) is 5.16. The van der Waals surface area contributed by atoms with E-state index in [0.29, 0.717) is 22.2 Å². The number of nitrogens with one attached hydrogen (secondary N) is 1. The molecule has 1 amide bonds. The van der Waals surface area contributed by atoms with Crippen LogP contribution in [0.3, 0.4) is 0 Å². The second kappa shape index (κ2) is 7.68. The second-order valence-corrected chi connectivity index (χ2v) is 5.78. The van der Waals surface area contributed by atoms with Crippen molar-refractivity contribution in [1.82, 2.24) is 0 Å². The van der Waals surface area contributed by atoms with Gasteiger partial charge in [-0.15, -0.1) is 0 Å². The monoisotopic (exact) mass is 366 g/mol. The van der Waals surface area contributed by atoms with Crippen LogP contribution in [-0.2, 0) is 4.79 Å². The highest BCUT2D eigenvalue weighted by Gasteiger charge is 2.11. The number of rotatable bonds is 4. The highest BCUT2D eigenvalue weighted by Crippen LogP contribution is 2.25. The van der Waals surface area contributed by atoms with Crippen LogP contribution < -0.4 is 5.32 Å². The molecule has 0 bridgehead atoms. The maximum atomic E-state index is 12.9. The van der Waals surface area contributed by atoms with Crippen LogP contribution in [0.5, 0.6) is 0 Å². The molecule has 0 fully saturated rings. The summed E-state index contributed by atoms with van der Waals surface area (Å²) in [5.41, 5.74) is 1.08. The molecule has 0 aliphatic heterocycles. The van der Waals surface area contributed by atoms with Crippen molar-refractivity contribution < 1.29 is 13.6 Å². The highest BCUT2D eigenvalue weighted by atomic mass is 35.5. The first-order valence-corrected chi connectivity index (χ1v) is 7.97. The van der Waals surface area contributed by atoms with E-state index in [9.17, 15) is 14.4 Å². The first-order valence-electron chi connectivity index (χ1n) is 7.59. The van der Waals surface area contributed by atoms with Gasteiger partial charge in [0.2, 0.25) is 0 Å². The predicted octanol–water partition coefficient (Wildman–Crippen LogP) is 5.28. The van der Waals surface area contributed by atoms with E-state index in [0.717, 1.165) is 5.56 Å². The number of furan rings is 1. The molecule has 4 nitrogen and oxygen atoms in total. The highest BCUT2D eigenvalue weighted by molar-refractivity contribution is 6.30. The molecular formula is C20H12ClFN2O2. The van der Waals surface area contributed by atoms with E-state index in [1.807, 2.05) is 6.07 Å². The molecule has 0 atom stereocenters. The van der Waals surface area contributed by atoms with Crippen LogP contribution in [0.15, 0.2) is 70.7 Å². The fourth-order valence-electron chi connectivity index (χ4n) is 2.22.